The highest BCUT2D eigenvalue weighted by molar-refractivity contribution is 5.99. The van der Waals surface area contributed by atoms with Gasteiger partial charge in [-0.3, -0.25) is 4.79 Å². The number of aryl methyl sites for hydroxylation is 1. The Balaban J connectivity index is 2.06. The molecule has 3 amide bonds. The van der Waals surface area contributed by atoms with Crippen LogP contribution in [0.3, 0.4) is 0 Å². The summed E-state index contributed by atoms with van der Waals surface area (Å²) in [6, 6.07) is 7.16. The summed E-state index contributed by atoms with van der Waals surface area (Å²) in [6.07, 6.45) is 1.58. The summed E-state index contributed by atoms with van der Waals surface area (Å²) >= 11 is 0. The quantitative estimate of drug-likeness (QED) is 0.883. The lowest BCUT2D eigenvalue weighted by atomic mass is 10.0. The molecule has 1 aliphatic rings. The molecule has 5 heteroatoms. The third-order valence-corrected chi connectivity index (χ3v) is 3.43. The largest absolute Gasteiger partial charge is 0.338 e. The number of carbonyl (C=O) groups excluding carboxylic acids is 2. The molecule has 1 saturated heterocycles. The molecule has 0 aromatic heterocycles. The molecule has 0 radical (unpaired) electrons. The van der Waals surface area contributed by atoms with Gasteiger partial charge in [0, 0.05) is 18.8 Å². The van der Waals surface area contributed by atoms with Gasteiger partial charge in [-0.25, -0.2) is 4.79 Å². The van der Waals surface area contributed by atoms with Crippen LogP contribution in [0.1, 0.15) is 25.3 Å². The van der Waals surface area contributed by atoms with Crippen molar-refractivity contribution >= 4 is 17.6 Å². The average molecular weight is 275 g/mol. The van der Waals surface area contributed by atoms with Gasteiger partial charge in [-0.15, -0.1) is 0 Å². The Morgan fingerprint density at radius 1 is 1.35 bits per heavy atom. The van der Waals surface area contributed by atoms with Crippen LogP contribution in [0.5, 0.6) is 0 Å². The van der Waals surface area contributed by atoms with Crippen LogP contribution in [0.15, 0.2) is 24.3 Å². The fraction of sp³-hybridized carbons (Fsp3) is 0.467. The highest BCUT2D eigenvalue weighted by Crippen LogP contribution is 2.21. The third-order valence-electron chi connectivity index (χ3n) is 3.43. The van der Waals surface area contributed by atoms with Crippen molar-refractivity contribution in [2.75, 3.05) is 18.0 Å². The Kier molecular flexibility index (Phi) is 4.61. The van der Waals surface area contributed by atoms with Crippen molar-refractivity contribution in [3.8, 4) is 0 Å². The Bertz CT molecular complexity index is 484. The summed E-state index contributed by atoms with van der Waals surface area (Å²) in [4.78, 5) is 25.7. The summed E-state index contributed by atoms with van der Waals surface area (Å²) in [5.74, 6) is -0.0358. The van der Waals surface area contributed by atoms with Gasteiger partial charge < -0.3 is 15.5 Å². The third kappa shape index (κ3) is 3.29. The van der Waals surface area contributed by atoms with E-state index >= 15 is 0 Å². The van der Waals surface area contributed by atoms with Crippen LogP contribution in [0.25, 0.3) is 0 Å². The minimum Gasteiger partial charge on any atom is -0.338 e. The van der Waals surface area contributed by atoms with E-state index in [1.165, 1.54) is 0 Å². The molecule has 5 nitrogen and oxygen atoms in total. The number of anilines is 1. The van der Waals surface area contributed by atoms with Crippen LogP contribution in [0, 0.1) is 6.92 Å². The molecular weight excluding hydrogens is 254 g/mol. The number of carbonyl (C=O) groups is 2. The van der Waals surface area contributed by atoms with E-state index in [4.69, 9.17) is 0 Å². The second-order valence-electron chi connectivity index (χ2n) is 5.02. The van der Waals surface area contributed by atoms with Gasteiger partial charge in [-0.1, -0.05) is 17.7 Å². The minimum atomic E-state index is -0.434. The smallest absolute Gasteiger partial charge is 0.315 e. The molecule has 0 saturated carbocycles. The predicted octanol–water partition coefficient (Wildman–Crippen LogP) is 1.81. The normalized spacial score (nSPS) is 18.8. The summed E-state index contributed by atoms with van der Waals surface area (Å²) in [6.45, 7) is 5.12. The molecule has 1 aromatic carbocycles. The molecule has 1 heterocycles. The zero-order valence-corrected chi connectivity index (χ0v) is 12.0. The van der Waals surface area contributed by atoms with E-state index in [0.717, 1.165) is 17.7 Å². The Morgan fingerprint density at radius 3 is 2.70 bits per heavy atom. The number of piperidine rings is 1. The molecular formula is C15H21N3O2. The Morgan fingerprint density at radius 2 is 2.05 bits per heavy atom. The number of hydrogen-bond acceptors (Lipinski definition) is 2. The van der Waals surface area contributed by atoms with Crippen molar-refractivity contribution < 1.29 is 9.59 Å². The van der Waals surface area contributed by atoms with Gasteiger partial charge in [-0.2, -0.15) is 0 Å². The average Bonchev–Trinajstić information content (AvgIpc) is 2.43. The van der Waals surface area contributed by atoms with E-state index in [-0.39, 0.29) is 11.9 Å². The molecule has 2 rings (SSSR count). The molecule has 108 valence electrons. The first-order chi connectivity index (χ1) is 9.61. The van der Waals surface area contributed by atoms with Crippen molar-refractivity contribution in [1.82, 2.24) is 10.6 Å². The van der Waals surface area contributed by atoms with Gasteiger partial charge in [0.2, 0.25) is 5.91 Å². The van der Waals surface area contributed by atoms with Gasteiger partial charge >= 0.3 is 6.03 Å². The number of urea groups is 1. The van der Waals surface area contributed by atoms with Crippen molar-refractivity contribution in [1.29, 1.82) is 0 Å². The second-order valence-corrected chi connectivity index (χ2v) is 5.02. The lowest BCUT2D eigenvalue weighted by Gasteiger charge is -2.32. The highest BCUT2D eigenvalue weighted by Gasteiger charge is 2.30. The van der Waals surface area contributed by atoms with Gasteiger partial charge in [0.05, 0.1) is 0 Å². The lowest BCUT2D eigenvalue weighted by molar-refractivity contribution is -0.121. The van der Waals surface area contributed by atoms with Crippen LogP contribution >= 0.6 is 0 Å². The van der Waals surface area contributed by atoms with Gasteiger partial charge in [-0.05, 0) is 38.8 Å². The van der Waals surface area contributed by atoms with E-state index in [1.54, 1.807) is 4.90 Å². The first-order valence-electron chi connectivity index (χ1n) is 7.04. The summed E-state index contributed by atoms with van der Waals surface area (Å²) in [5.41, 5.74) is 2.05. The molecule has 1 aromatic rings. The van der Waals surface area contributed by atoms with Gasteiger partial charge in [0.25, 0.3) is 0 Å². The fourth-order valence-corrected chi connectivity index (χ4v) is 2.36. The van der Waals surface area contributed by atoms with Crippen molar-refractivity contribution in [2.24, 2.45) is 0 Å². The van der Waals surface area contributed by atoms with E-state index < -0.39 is 6.04 Å². The number of amides is 3. The molecule has 1 atom stereocenters. The number of benzene rings is 1. The SMILES string of the molecule is CCNC(=O)N[C@@H]1CCCN(c2ccc(C)cc2)C1=O. The van der Waals surface area contributed by atoms with Crippen LogP contribution in [-0.2, 0) is 4.79 Å². The van der Waals surface area contributed by atoms with E-state index in [2.05, 4.69) is 10.6 Å². The highest BCUT2D eigenvalue weighted by atomic mass is 16.2. The van der Waals surface area contributed by atoms with Gasteiger partial charge in [0.1, 0.15) is 6.04 Å². The van der Waals surface area contributed by atoms with E-state index in [9.17, 15) is 9.59 Å². The summed E-state index contributed by atoms with van der Waals surface area (Å²) in [5, 5.41) is 5.39. The molecule has 2 N–H and O–H groups in total. The lowest BCUT2D eigenvalue weighted by Crippen LogP contribution is -2.54. The molecule has 0 spiro atoms. The van der Waals surface area contributed by atoms with Gasteiger partial charge in [0.15, 0.2) is 0 Å². The molecule has 0 unspecified atom stereocenters. The van der Waals surface area contributed by atoms with Crippen LogP contribution in [-0.4, -0.2) is 31.1 Å². The summed E-state index contributed by atoms with van der Waals surface area (Å²) in [7, 11) is 0. The van der Waals surface area contributed by atoms with Crippen molar-refractivity contribution in [3.05, 3.63) is 29.8 Å². The van der Waals surface area contributed by atoms with Crippen molar-refractivity contribution in [3.63, 3.8) is 0 Å². The van der Waals surface area contributed by atoms with Crippen LogP contribution < -0.4 is 15.5 Å². The number of nitrogens with zero attached hydrogens (tertiary/aromatic N) is 1. The van der Waals surface area contributed by atoms with Crippen molar-refractivity contribution in [2.45, 2.75) is 32.7 Å². The Labute approximate surface area is 119 Å². The number of nitrogens with one attached hydrogen (secondary N) is 2. The fourth-order valence-electron chi connectivity index (χ4n) is 2.36. The van der Waals surface area contributed by atoms with Crippen LogP contribution in [0.4, 0.5) is 10.5 Å². The first-order valence-corrected chi connectivity index (χ1v) is 7.04. The number of hydrogen-bond donors (Lipinski definition) is 2. The predicted molar refractivity (Wildman–Crippen MR) is 78.8 cm³/mol. The number of rotatable bonds is 3. The topological polar surface area (TPSA) is 61.4 Å². The maximum absolute atomic E-state index is 12.4. The Hall–Kier alpha value is -2.04. The van der Waals surface area contributed by atoms with E-state index in [0.29, 0.717) is 19.5 Å². The zero-order chi connectivity index (χ0) is 14.5. The monoisotopic (exact) mass is 275 g/mol. The molecule has 20 heavy (non-hydrogen) atoms. The maximum Gasteiger partial charge on any atom is 0.315 e. The molecule has 1 aliphatic heterocycles. The first kappa shape index (κ1) is 14.4. The van der Waals surface area contributed by atoms with Crippen LogP contribution in [0.2, 0.25) is 0 Å². The minimum absolute atomic E-state index is 0.0358. The standard InChI is InChI=1S/C15H21N3O2/c1-3-16-15(20)17-13-5-4-10-18(14(13)19)12-8-6-11(2)7-9-12/h6-9,13H,3-5,10H2,1-2H3,(H2,16,17,20)/t13-/m1/s1. The van der Waals surface area contributed by atoms with E-state index in [1.807, 2.05) is 38.1 Å². The zero-order valence-electron chi connectivity index (χ0n) is 12.0. The molecule has 0 aliphatic carbocycles. The molecule has 1 fully saturated rings. The maximum atomic E-state index is 12.4. The summed E-state index contributed by atoms with van der Waals surface area (Å²) < 4.78 is 0. The molecule has 0 bridgehead atoms. The second kappa shape index (κ2) is 6.41.